The van der Waals surface area contributed by atoms with Crippen LogP contribution in [-0.2, 0) is 9.59 Å². The first-order valence-electron chi connectivity index (χ1n) is 10.8. The van der Waals surface area contributed by atoms with E-state index >= 15 is 0 Å². The highest BCUT2D eigenvalue weighted by Gasteiger charge is 2.37. The molecule has 6 nitrogen and oxygen atoms in total. The third kappa shape index (κ3) is 4.24. The molecule has 1 aromatic heterocycles. The fourth-order valence-electron chi connectivity index (χ4n) is 4.30. The average molecular weight is 472 g/mol. The fraction of sp³-hybridized carbons (Fsp3) is 0.375. The molecular weight excluding hydrogens is 446 g/mol. The molecule has 3 heterocycles. The molecule has 2 aromatic rings. The first kappa shape index (κ1) is 22.7. The maximum Gasteiger partial charge on any atom is 0.294 e. The van der Waals surface area contributed by atoms with Crippen molar-refractivity contribution in [3.63, 3.8) is 0 Å². The molecule has 168 valence electrons. The van der Waals surface area contributed by atoms with Crippen LogP contribution in [0.15, 0.2) is 29.2 Å². The number of hydrogen-bond donors (Lipinski definition) is 0. The topological polar surface area (TPSA) is 62.6 Å². The zero-order chi connectivity index (χ0) is 23.0. The number of thioether (sulfide) groups is 1. The van der Waals surface area contributed by atoms with E-state index in [1.807, 2.05) is 45.0 Å². The van der Waals surface area contributed by atoms with Crippen molar-refractivity contribution in [1.82, 2.24) is 14.4 Å². The number of carbonyl (C=O) groups is 3. The molecule has 2 aliphatic heterocycles. The number of nitrogens with zero attached hydrogens (tertiary/aromatic N) is 3. The highest BCUT2D eigenvalue weighted by Crippen LogP contribution is 2.34. The van der Waals surface area contributed by atoms with E-state index in [2.05, 4.69) is 4.57 Å². The Morgan fingerprint density at radius 1 is 1.12 bits per heavy atom. The first-order valence-corrected chi connectivity index (χ1v) is 11.9. The van der Waals surface area contributed by atoms with E-state index in [0.29, 0.717) is 23.0 Å². The Morgan fingerprint density at radius 2 is 1.84 bits per heavy atom. The number of imide groups is 1. The molecule has 0 atom stereocenters. The number of rotatable bonds is 4. The number of aromatic nitrogens is 1. The van der Waals surface area contributed by atoms with Crippen molar-refractivity contribution in [2.75, 3.05) is 19.6 Å². The molecule has 0 N–H and O–H groups in total. The number of amides is 3. The van der Waals surface area contributed by atoms with Gasteiger partial charge in [0.2, 0.25) is 5.91 Å². The van der Waals surface area contributed by atoms with Crippen molar-refractivity contribution in [3.8, 4) is 5.69 Å². The second kappa shape index (κ2) is 9.16. The Balaban J connectivity index is 1.58. The van der Waals surface area contributed by atoms with Gasteiger partial charge in [-0.05, 0) is 87.2 Å². The van der Waals surface area contributed by atoms with Gasteiger partial charge < -0.3 is 9.47 Å². The van der Waals surface area contributed by atoms with E-state index in [4.69, 9.17) is 11.6 Å². The summed E-state index contributed by atoms with van der Waals surface area (Å²) in [7, 11) is 0. The molecule has 0 spiro atoms. The molecule has 0 radical (unpaired) electrons. The molecule has 2 fully saturated rings. The predicted molar refractivity (Wildman–Crippen MR) is 128 cm³/mol. The summed E-state index contributed by atoms with van der Waals surface area (Å²) in [6.07, 6.45) is 4.79. The second-order valence-electron chi connectivity index (χ2n) is 8.26. The number of piperidine rings is 1. The highest BCUT2D eigenvalue weighted by atomic mass is 35.5. The predicted octanol–water partition coefficient (Wildman–Crippen LogP) is 5.10. The van der Waals surface area contributed by atoms with Gasteiger partial charge in [-0.2, -0.15) is 0 Å². The van der Waals surface area contributed by atoms with Crippen LogP contribution in [0.5, 0.6) is 0 Å². The fourth-order valence-corrected chi connectivity index (χ4v) is 5.30. The second-order valence-corrected chi connectivity index (χ2v) is 9.66. The molecule has 4 rings (SSSR count). The lowest BCUT2D eigenvalue weighted by atomic mass is 10.1. The van der Waals surface area contributed by atoms with E-state index in [9.17, 15) is 14.4 Å². The van der Waals surface area contributed by atoms with E-state index < -0.39 is 11.1 Å². The molecule has 2 saturated heterocycles. The number of likely N-dealkylation sites (tertiary alicyclic amines) is 1. The van der Waals surface area contributed by atoms with Crippen molar-refractivity contribution in [3.05, 3.63) is 56.7 Å². The summed E-state index contributed by atoms with van der Waals surface area (Å²) < 4.78 is 2.09. The molecule has 8 heteroatoms. The smallest absolute Gasteiger partial charge is 0.294 e. The molecular formula is C24H26ClN3O3S. The maximum atomic E-state index is 12.9. The van der Waals surface area contributed by atoms with E-state index in [1.165, 1.54) is 0 Å². The quantitative estimate of drug-likeness (QED) is 0.581. The van der Waals surface area contributed by atoms with Gasteiger partial charge in [-0.3, -0.25) is 19.3 Å². The van der Waals surface area contributed by atoms with Crippen LogP contribution in [0.4, 0.5) is 4.79 Å². The Hall–Kier alpha value is -2.51. The lowest BCUT2D eigenvalue weighted by Crippen LogP contribution is -2.44. The molecule has 0 aliphatic carbocycles. The van der Waals surface area contributed by atoms with E-state index in [-0.39, 0.29) is 12.5 Å². The average Bonchev–Trinajstić information content (AvgIpc) is 3.20. The third-order valence-electron chi connectivity index (χ3n) is 6.11. The summed E-state index contributed by atoms with van der Waals surface area (Å²) in [6.45, 7) is 7.14. The van der Waals surface area contributed by atoms with Gasteiger partial charge in [-0.1, -0.05) is 17.7 Å². The number of hydrogen-bond acceptors (Lipinski definition) is 4. The Morgan fingerprint density at radius 3 is 2.56 bits per heavy atom. The van der Waals surface area contributed by atoms with Crippen LogP contribution in [0, 0.1) is 20.8 Å². The van der Waals surface area contributed by atoms with Gasteiger partial charge in [0.1, 0.15) is 6.54 Å². The monoisotopic (exact) mass is 471 g/mol. The maximum absolute atomic E-state index is 12.9. The Bertz CT molecular complexity index is 1130. The minimum Gasteiger partial charge on any atom is -0.341 e. The summed E-state index contributed by atoms with van der Waals surface area (Å²) >= 11 is 7.20. The lowest BCUT2D eigenvalue weighted by Gasteiger charge is -2.27. The van der Waals surface area contributed by atoms with Gasteiger partial charge in [0.25, 0.3) is 11.1 Å². The van der Waals surface area contributed by atoms with Gasteiger partial charge in [0, 0.05) is 35.2 Å². The lowest BCUT2D eigenvalue weighted by molar-refractivity contribution is -0.136. The Kier molecular flexibility index (Phi) is 6.49. The van der Waals surface area contributed by atoms with Crippen LogP contribution in [-0.4, -0.2) is 51.1 Å². The summed E-state index contributed by atoms with van der Waals surface area (Å²) in [5, 5.41) is 0.294. The normalized spacial score (nSPS) is 18.2. The number of carbonyl (C=O) groups excluding carboxylic acids is 3. The molecule has 0 unspecified atom stereocenters. The highest BCUT2D eigenvalue weighted by molar-refractivity contribution is 8.18. The van der Waals surface area contributed by atoms with Gasteiger partial charge in [0.15, 0.2) is 0 Å². The van der Waals surface area contributed by atoms with Crippen molar-refractivity contribution in [1.29, 1.82) is 0 Å². The number of aryl methyl sites for hydroxylation is 1. The van der Waals surface area contributed by atoms with Crippen molar-refractivity contribution >= 4 is 46.5 Å². The largest absolute Gasteiger partial charge is 0.341 e. The van der Waals surface area contributed by atoms with Gasteiger partial charge in [-0.15, -0.1) is 0 Å². The van der Waals surface area contributed by atoms with Crippen LogP contribution in [0.2, 0.25) is 5.02 Å². The van der Waals surface area contributed by atoms with Crippen LogP contribution in [0.1, 0.15) is 41.8 Å². The van der Waals surface area contributed by atoms with Crippen LogP contribution >= 0.6 is 23.4 Å². The standard InChI is InChI=1S/C24H26ClN3O3S/c1-15-12-18(17(3)28(15)20-9-7-8-19(25)16(20)2)13-21-23(30)27(24(31)32-21)14-22(29)26-10-5-4-6-11-26/h7-9,12-13H,4-6,10-11,14H2,1-3H3/b21-13-. The minimum absolute atomic E-state index is 0.164. The molecule has 3 amide bonds. The Labute approximate surface area is 197 Å². The van der Waals surface area contributed by atoms with Gasteiger partial charge >= 0.3 is 0 Å². The summed E-state index contributed by atoms with van der Waals surface area (Å²) in [5.74, 6) is -0.572. The molecule has 32 heavy (non-hydrogen) atoms. The van der Waals surface area contributed by atoms with Crippen LogP contribution in [0.3, 0.4) is 0 Å². The number of halogens is 1. The molecule has 0 saturated carbocycles. The minimum atomic E-state index is -0.408. The zero-order valence-electron chi connectivity index (χ0n) is 18.5. The summed E-state index contributed by atoms with van der Waals surface area (Å²) in [5.41, 5.74) is 4.75. The van der Waals surface area contributed by atoms with Crippen molar-refractivity contribution in [2.45, 2.75) is 40.0 Å². The summed E-state index contributed by atoms with van der Waals surface area (Å²) in [6, 6.07) is 7.76. The first-order chi connectivity index (χ1) is 15.3. The molecule has 1 aromatic carbocycles. The zero-order valence-corrected chi connectivity index (χ0v) is 20.1. The molecule has 2 aliphatic rings. The third-order valence-corrected chi connectivity index (χ3v) is 7.43. The summed E-state index contributed by atoms with van der Waals surface area (Å²) in [4.78, 5) is 41.1. The van der Waals surface area contributed by atoms with Gasteiger partial charge in [0.05, 0.1) is 4.91 Å². The van der Waals surface area contributed by atoms with Gasteiger partial charge in [-0.25, -0.2) is 0 Å². The van der Waals surface area contributed by atoms with Crippen LogP contribution in [0.25, 0.3) is 11.8 Å². The molecule has 0 bridgehead atoms. The number of benzene rings is 1. The van der Waals surface area contributed by atoms with Crippen LogP contribution < -0.4 is 0 Å². The van der Waals surface area contributed by atoms with Crippen molar-refractivity contribution in [2.24, 2.45) is 0 Å². The van der Waals surface area contributed by atoms with Crippen molar-refractivity contribution < 1.29 is 14.4 Å². The SMILES string of the molecule is Cc1c(Cl)cccc1-n1c(C)cc(/C=C2\SC(=O)N(CC(=O)N3CCCCC3)C2=O)c1C. The van der Waals surface area contributed by atoms with E-state index in [0.717, 1.165) is 64.1 Å². The van der Waals surface area contributed by atoms with E-state index in [1.54, 1.807) is 11.0 Å².